The average Bonchev–Trinajstić information content (AvgIpc) is 2.66. The molecule has 2 nitrogen and oxygen atoms in total. The molecule has 26 heavy (non-hydrogen) atoms. The SMILES string of the molecule is CC(C)(C)c1ccc(C=NN=C(c2ccccc2)c2ccccc2)cc1. The summed E-state index contributed by atoms with van der Waals surface area (Å²) in [6, 6.07) is 28.8. The summed E-state index contributed by atoms with van der Waals surface area (Å²) in [5.74, 6) is 0. The molecule has 0 aliphatic rings. The minimum Gasteiger partial charge on any atom is -0.158 e. The third-order valence-electron chi connectivity index (χ3n) is 4.24. The summed E-state index contributed by atoms with van der Waals surface area (Å²) in [4.78, 5) is 0. The number of hydrogen-bond donors (Lipinski definition) is 0. The molecule has 130 valence electrons. The highest BCUT2D eigenvalue weighted by molar-refractivity contribution is 6.12. The molecule has 0 fully saturated rings. The number of nitrogens with zero attached hydrogens (tertiary/aromatic N) is 2. The molecule has 2 heteroatoms. The molecule has 0 aliphatic heterocycles. The lowest BCUT2D eigenvalue weighted by molar-refractivity contribution is 0.590. The van der Waals surface area contributed by atoms with Crippen molar-refractivity contribution < 1.29 is 0 Å². The largest absolute Gasteiger partial charge is 0.158 e. The lowest BCUT2D eigenvalue weighted by Gasteiger charge is -2.18. The van der Waals surface area contributed by atoms with Gasteiger partial charge < -0.3 is 0 Å². The molecule has 0 atom stereocenters. The normalized spacial score (nSPS) is 11.5. The van der Waals surface area contributed by atoms with Gasteiger partial charge in [0.25, 0.3) is 0 Å². The van der Waals surface area contributed by atoms with E-state index in [0.29, 0.717) is 0 Å². The first-order valence-corrected chi connectivity index (χ1v) is 8.86. The maximum atomic E-state index is 4.52. The minimum absolute atomic E-state index is 0.154. The molecule has 3 aromatic carbocycles. The van der Waals surface area contributed by atoms with Crippen molar-refractivity contribution in [2.24, 2.45) is 10.2 Å². The second kappa shape index (κ2) is 7.92. The first-order chi connectivity index (χ1) is 12.5. The van der Waals surface area contributed by atoms with Crippen molar-refractivity contribution in [1.82, 2.24) is 0 Å². The zero-order valence-corrected chi connectivity index (χ0v) is 15.6. The zero-order valence-electron chi connectivity index (χ0n) is 15.6. The van der Waals surface area contributed by atoms with Gasteiger partial charge in [-0.15, -0.1) is 5.10 Å². The van der Waals surface area contributed by atoms with Crippen molar-refractivity contribution in [2.45, 2.75) is 26.2 Å². The fourth-order valence-corrected chi connectivity index (χ4v) is 2.70. The van der Waals surface area contributed by atoms with Crippen LogP contribution in [0.2, 0.25) is 0 Å². The highest BCUT2D eigenvalue weighted by Crippen LogP contribution is 2.21. The Labute approximate surface area is 155 Å². The molecular formula is C24H24N2. The third-order valence-corrected chi connectivity index (χ3v) is 4.24. The third kappa shape index (κ3) is 4.54. The van der Waals surface area contributed by atoms with Crippen LogP contribution in [0, 0.1) is 0 Å². The molecule has 0 radical (unpaired) electrons. The first-order valence-electron chi connectivity index (χ1n) is 8.86. The number of benzene rings is 3. The lowest BCUT2D eigenvalue weighted by atomic mass is 9.87. The second-order valence-electron chi connectivity index (χ2n) is 7.30. The molecule has 0 aromatic heterocycles. The van der Waals surface area contributed by atoms with E-state index >= 15 is 0 Å². The van der Waals surface area contributed by atoms with Gasteiger partial charge in [-0.05, 0) is 16.5 Å². The summed E-state index contributed by atoms with van der Waals surface area (Å²) in [5.41, 5.74) is 5.49. The maximum absolute atomic E-state index is 4.52. The minimum atomic E-state index is 0.154. The van der Waals surface area contributed by atoms with Crippen LogP contribution in [0.15, 0.2) is 95.1 Å². The van der Waals surface area contributed by atoms with E-state index in [1.807, 2.05) is 36.4 Å². The van der Waals surface area contributed by atoms with E-state index < -0.39 is 0 Å². The Hall–Kier alpha value is -3.00. The van der Waals surface area contributed by atoms with Crippen molar-refractivity contribution in [1.29, 1.82) is 0 Å². The van der Waals surface area contributed by atoms with E-state index in [2.05, 4.69) is 79.5 Å². The summed E-state index contributed by atoms with van der Waals surface area (Å²) in [6.07, 6.45) is 1.80. The van der Waals surface area contributed by atoms with Crippen LogP contribution in [0.25, 0.3) is 0 Å². The van der Waals surface area contributed by atoms with Crippen molar-refractivity contribution in [2.75, 3.05) is 0 Å². The van der Waals surface area contributed by atoms with E-state index in [1.54, 1.807) is 6.21 Å². The van der Waals surface area contributed by atoms with Gasteiger partial charge in [0.15, 0.2) is 0 Å². The van der Waals surface area contributed by atoms with E-state index in [-0.39, 0.29) is 5.41 Å². The maximum Gasteiger partial charge on any atom is 0.100 e. The summed E-state index contributed by atoms with van der Waals surface area (Å²) in [7, 11) is 0. The Kier molecular flexibility index (Phi) is 5.43. The predicted molar refractivity (Wildman–Crippen MR) is 111 cm³/mol. The van der Waals surface area contributed by atoms with Crippen LogP contribution in [0.4, 0.5) is 0 Å². The molecule has 0 aliphatic carbocycles. The highest BCUT2D eigenvalue weighted by Gasteiger charge is 2.12. The van der Waals surface area contributed by atoms with Gasteiger partial charge in [0, 0.05) is 11.1 Å². The van der Waals surface area contributed by atoms with E-state index in [0.717, 1.165) is 22.4 Å². The van der Waals surface area contributed by atoms with Crippen LogP contribution in [-0.2, 0) is 5.41 Å². The van der Waals surface area contributed by atoms with Gasteiger partial charge in [-0.3, -0.25) is 0 Å². The molecule has 3 rings (SSSR count). The molecule has 0 bridgehead atoms. The Morgan fingerprint density at radius 3 is 1.65 bits per heavy atom. The van der Waals surface area contributed by atoms with E-state index in [9.17, 15) is 0 Å². The van der Waals surface area contributed by atoms with Gasteiger partial charge in [0.2, 0.25) is 0 Å². The smallest absolute Gasteiger partial charge is 0.100 e. The molecule has 0 saturated heterocycles. The van der Waals surface area contributed by atoms with Gasteiger partial charge in [-0.25, -0.2) is 0 Å². The van der Waals surface area contributed by atoms with Crippen LogP contribution in [0.3, 0.4) is 0 Å². The van der Waals surface area contributed by atoms with Crippen LogP contribution in [0.5, 0.6) is 0 Å². The molecule has 0 saturated carbocycles. The van der Waals surface area contributed by atoms with Crippen LogP contribution in [0.1, 0.15) is 43.0 Å². The summed E-state index contributed by atoms with van der Waals surface area (Å²) in [5, 5.41) is 8.87. The summed E-state index contributed by atoms with van der Waals surface area (Å²) >= 11 is 0. The van der Waals surface area contributed by atoms with Crippen molar-refractivity contribution in [3.05, 3.63) is 107 Å². The number of hydrogen-bond acceptors (Lipinski definition) is 2. The fourth-order valence-electron chi connectivity index (χ4n) is 2.70. The Balaban J connectivity index is 1.88. The monoisotopic (exact) mass is 340 g/mol. The fraction of sp³-hybridized carbons (Fsp3) is 0.167. The Bertz CT molecular complexity index is 843. The van der Waals surface area contributed by atoms with Crippen molar-refractivity contribution in [3.63, 3.8) is 0 Å². The Morgan fingerprint density at radius 1 is 0.692 bits per heavy atom. The molecule has 0 unspecified atom stereocenters. The van der Waals surface area contributed by atoms with E-state index in [1.165, 1.54) is 5.56 Å². The van der Waals surface area contributed by atoms with Gasteiger partial charge in [-0.2, -0.15) is 5.10 Å². The second-order valence-corrected chi connectivity index (χ2v) is 7.30. The quantitative estimate of drug-likeness (QED) is 0.420. The van der Waals surface area contributed by atoms with Crippen LogP contribution < -0.4 is 0 Å². The average molecular weight is 340 g/mol. The first kappa shape index (κ1) is 17.8. The molecule has 0 heterocycles. The predicted octanol–water partition coefficient (Wildman–Crippen LogP) is 5.86. The summed E-state index contributed by atoms with van der Waals surface area (Å²) in [6.45, 7) is 6.64. The standard InChI is InChI=1S/C24H24N2/c1-24(2,3)22-16-14-19(15-17-22)18-25-26-23(20-10-6-4-7-11-20)21-12-8-5-9-13-21/h4-18H,1-3H3. The van der Waals surface area contributed by atoms with Gasteiger partial charge in [0.1, 0.15) is 5.71 Å². The lowest BCUT2D eigenvalue weighted by Crippen LogP contribution is -2.10. The van der Waals surface area contributed by atoms with Crippen LogP contribution in [-0.4, -0.2) is 11.9 Å². The van der Waals surface area contributed by atoms with Crippen LogP contribution >= 0.6 is 0 Å². The van der Waals surface area contributed by atoms with E-state index in [4.69, 9.17) is 0 Å². The Morgan fingerprint density at radius 2 is 1.19 bits per heavy atom. The van der Waals surface area contributed by atoms with Crippen molar-refractivity contribution in [3.8, 4) is 0 Å². The molecular weight excluding hydrogens is 316 g/mol. The molecule has 0 amide bonds. The van der Waals surface area contributed by atoms with Gasteiger partial charge >= 0.3 is 0 Å². The van der Waals surface area contributed by atoms with Gasteiger partial charge in [0.05, 0.1) is 6.21 Å². The number of rotatable bonds is 4. The highest BCUT2D eigenvalue weighted by atomic mass is 15.2. The van der Waals surface area contributed by atoms with Gasteiger partial charge in [-0.1, -0.05) is 106 Å². The molecule has 0 spiro atoms. The van der Waals surface area contributed by atoms with Crippen molar-refractivity contribution >= 4 is 11.9 Å². The zero-order chi connectivity index (χ0) is 18.4. The molecule has 0 N–H and O–H groups in total. The summed E-state index contributed by atoms with van der Waals surface area (Å²) < 4.78 is 0. The molecule has 3 aromatic rings. The topological polar surface area (TPSA) is 24.7 Å².